The van der Waals surface area contributed by atoms with Gasteiger partial charge in [-0.25, -0.2) is 0 Å². The summed E-state index contributed by atoms with van der Waals surface area (Å²) in [5.41, 5.74) is 1.09. The molecule has 3 heteroatoms. The molecule has 1 saturated carbocycles. The van der Waals surface area contributed by atoms with E-state index in [0.29, 0.717) is 0 Å². The summed E-state index contributed by atoms with van der Waals surface area (Å²) in [7, 11) is 0.353. The fourth-order valence-corrected chi connectivity index (χ4v) is 5.73. The first kappa shape index (κ1) is 15.2. The minimum absolute atomic E-state index is 0.172. The summed E-state index contributed by atoms with van der Waals surface area (Å²) in [6.45, 7) is 13.6. The monoisotopic (exact) mass is 258 g/mol. The molecule has 0 N–H and O–H groups in total. The van der Waals surface area contributed by atoms with E-state index < -0.39 is 9.28 Å². The van der Waals surface area contributed by atoms with E-state index in [4.69, 9.17) is 8.85 Å². The second-order valence-corrected chi connectivity index (χ2v) is 9.97. The van der Waals surface area contributed by atoms with Crippen LogP contribution in [0.25, 0.3) is 0 Å². The molecule has 0 heterocycles. The van der Waals surface area contributed by atoms with Crippen LogP contribution in [0.15, 0.2) is 0 Å². The zero-order chi connectivity index (χ0) is 13.3. The van der Waals surface area contributed by atoms with Gasteiger partial charge in [0.2, 0.25) is 0 Å². The summed E-state index contributed by atoms with van der Waals surface area (Å²) in [6.07, 6.45) is 4.25. The van der Waals surface area contributed by atoms with Crippen molar-refractivity contribution in [2.24, 2.45) is 10.8 Å². The summed E-state index contributed by atoms with van der Waals surface area (Å²) in [4.78, 5) is 0. The van der Waals surface area contributed by atoms with Gasteiger partial charge in [-0.1, -0.05) is 48.0 Å². The minimum Gasteiger partial charge on any atom is -0.400 e. The van der Waals surface area contributed by atoms with Gasteiger partial charge in [0.1, 0.15) is 0 Å². The van der Waals surface area contributed by atoms with E-state index in [9.17, 15) is 0 Å². The first-order valence-corrected chi connectivity index (χ1v) is 8.45. The molecule has 1 fully saturated rings. The maximum absolute atomic E-state index is 6.45. The Morgan fingerprint density at radius 2 is 1.47 bits per heavy atom. The normalized spacial score (nSPS) is 20.5. The molecule has 0 aromatic rings. The lowest BCUT2D eigenvalue weighted by Gasteiger charge is -2.44. The highest BCUT2D eigenvalue weighted by atomic mass is 28.3. The molecule has 1 aliphatic rings. The highest BCUT2D eigenvalue weighted by Gasteiger charge is 2.41. The smallest absolute Gasteiger partial charge is 0.324 e. The molecule has 1 atom stereocenters. The predicted octanol–water partition coefficient (Wildman–Crippen LogP) is 3.88. The van der Waals surface area contributed by atoms with E-state index in [0.717, 1.165) is 5.54 Å². The molecule has 0 spiro atoms. The Morgan fingerprint density at radius 3 is 1.71 bits per heavy atom. The fraction of sp³-hybridized carbons (Fsp3) is 1.00. The molecule has 0 aromatic carbocycles. The zero-order valence-electron chi connectivity index (χ0n) is 12.7. The molecule has 0 bridgehead atoms. The van der Waals surface area contributed by atoms with Gasteiger partial charge in [-0.2, -0.15) is 0 Å². The molecule has 0 amide bonds. The van der Waals surface area contributed by atoms with Gasteiger partial charge in [0, 0.05) is 7.11 Å². The Morgan fingerprint density at radius 1 is 1.00 bits per heavy atom. The van der Waals surface area contributed by atoms with Crippen molar-refractivity contribution in [2.45, 2.75) is 72.5 Å². The average Bonchev–Trinajstić information content (AvgIpc) is 2.03. The van der Waals surface area contributed by atoms with Crippen LogP contribution >= 0.6 is 0 Å². The predicted molar refractivity (Wildman–Crippen MR) is 75.5 cm³/mol. The van der Waals surface area contributed by atoms with Crippen LogP contribution in [-0.4, -0.2) is 22.5 Å². The summed E-state index contributed by atoms with van der Waals surface area (Å²) in [6, 6.07) is 0. The van der Waals surface area contributed by atoms with Crippen LogP contribution in [-0.2, 0) is 8.85 Å². The third-order valence-corrected chi connectivity index (χ3v) is 6.05. The Labute approximate surface area is 109 Å². The van der Waals surface area contributed by atoms with Gasteiger partial charge in [-0.05, 0) is 29.2 Å². The fourth-order valence-electron chi connectivity index (χ4n) is 2.91. The molecule has 0 aliphatic heterocycles. The topological polar surface area (TPSA) is 18.5 Å². The molecule has 0 radical (unpaired) electrons. The summed E-state index contributed by atoms with van der Waals surface area (Å²) >= 11 is 0. The summed E-state index contributed by atoms with van der Waals surface area (Å²) in [5, 5.41) is 0. The third kappa shape index (κ3) is 4.07. The number of hydrogen-bond acceptors (Lipinski definition) is 2. The van der Waals surface area contributed by atoms with Crippen LogP contribution in [0.2, 0.25) is 5.54 Å². The lowest BCUT2D eigenvalue weighted by atomic mass is 9.74. The van der Waals surface area contributed by atoms with Crippen molar-refractivity contribution in [3.63, 3.8) is 0 Å². The van der Waals surface area contributed by atoms with E-state index >= 15 is 0 Å². The van der Waals surface area contributed by atoms with Crippen molar-refractivity contribution < 1.29 is 8.85 Å². The minimum atomic E-state index is -1.48. The van der Waals surface area contributed by atoms with Gasteiger partial charge in [0.05, 0.1) is 6.10 Å². The van der Waals surface area contributed by atoms with Crippen molar-refractivity contribution in [3.05, 3.63) is 0 Å². The maximum atomic E-state index is 6.45. The van der Waals surface area contributed by atoms with Crippen LogP contribution in [0.1, 0.15) is 60.8 Å². The lowest BCUT2D eigenvalue weighted by molar-refractivity contribution is -0.0233. The highest BCUT2D eigenvalue weighted by Crippen LogP contribution is 2.41. The van der Waals surface area contributed by atoms with Crippen LogP contribution in [0.4, 0.5) is 0 Å². The van der Waals surface area contributed by atoms with Crippen LogP contribution in [0.3, 0.4) is 0 Å². The van der Waals surface area contributed by atoms with Gasteiger partial charge < -0.3 is 8.85 Å². The third-order valence-electron chi connectivity index (χ3n) is 3.61. The first-order valence-electron chi connectivity index (χ1n) is 6.84. The van der Waals surface area contributed by atoms with E-state index in [1.165, 1.54) is 19.3 Å². The van der Waals surface area contributed by atoms with Crippen LogP contribution in [0, 0.1) is 10.8 Å². The van der Waals surface area contributed by atoms with Crippen molar-refractivity contribution in [1.29, 1.82) is 0 Å². The molecule has 0 aromatic heterocycles. The van der Waals surface area contributed by atoms with Crippen LogP contribution < -0.4 is 0 Å². The Kier molecular flexibility index (Phi) is 4.84. The second kappa shape index (κ2) is 5.41. The summed E-state index contributed by atoms with van der Waals surface area (Å²) < 4.78 is 12.1. The molecular weight excluding hydrogens is 228 g/mol. The Balaban J connectivity index is 2.71. The van der Waals surface area contributed by atoms with Gasteiger partial charge in [-0.3, -0.25) is 0 Å². The lowest BCUT2D eigenvalue weighted by Crippen LogP contribution is -2.47. The Hall–Kier alpha value is 0.137. The van der Waals surface area contributed by atoms with E-state index in [1.54, 1.807) is 0 Å². The average molecular weight is 258 g/mol. The molecule has 102 valence electrons. The van der Waals surface area contributed by atoms with Crippen molar-refractivity contribution >= 4 is 9.28 Å². The summed E-state index contributed by atoms with van der Waals surface area (Å²) in [5.74, 6) is 0. The standard InChI is InChI=1S/C14H30O2Si/c1-13(2,3)12(14(4,5)6)16-17(15-7)11-9-8-10-11/h11-12,17H,8-10H2,1-7H3. The van der Waals surface area contributed by atoms with E-state index in [1.807, 2.05) is 7.11 Å². The maximum Gasteiger partial charge on any atom is 0.324 e. The van der Waals surface area contributed by atoms with Crippen LogP contribution in [0.5, 0.6) is 0 Å². The van der Waals surface area contributed by atoms with Gasteiger partial charge in [0.15, 0.2) is 0 Å². The Bertz CT molecular complexity index is 222. The zero-order valence-corrected chi connectivity index (χ0v) is 13.8. The molecule has 1 aliphatic carbocycles. The molecule has 1 rings (SSSR count). The quantitative estimate of drug-likeness (QED) is 0.712. The second-order valence-electron chi connectivity index (χ2n) is 7.54. The number of rotatable bonds is 4. The first-order chi connectivity index (χ1) is 7.66. The molecule has 0 saturated heterocycles. The molecule has 1 unspecified atom stereocenters. The molecule has 2 nitrogen and oxygen atoms in total. The van der Waals surface area contributed by atoms with Crippen molar-refractivity contribution in [2.75, 3.05) is 7.11 Å². The SMILES string of the molecule is CO[SiH](OC(C(C)(C)C)C(C)(C)C)C1CCC1. The van der Waals surface area contributed by atoms with E-state index in [-0.39, 0.29) is 16.9 Å². The van der Waals surface area contributed by atoms with Gasteiger partial charge in [-0.15, -0.1) is 0 Å². The van der Waals surface area contributed by atoms with Crippen molar-refractivity contribution in [1.82, 2.24) is 0 Å². The molecule has 17 heavy (non-hydrogen) atoms. The van der Waals surface area contributed by atoms with Crippen molar-refractivity contribution in [3.8, 4) is 0 Å². The highest BCUT2D eigenvalue weighted by molar-refractivity contribution is 6.46. The van der Waals surface area contributed by atoms with E-state index in [2.05, 4.69) is 41.5 Å². The number of hydrogen-bond donors (Lipinski definition) is 0. The largest absolute Gasteiger partial charge is 0.400 e. The molecular formula is C14H30O2Si. The van der Waals surface area contributed by atoms with Gasteiger partial charge in [0.25, 0.3) is 0 Å². The van der Waals surface area contributed by atoms with Gasteiger partial charge >= 0.3 is 9.28 Å².